The van der Waals surface area contributed by atoms with Crippen molar-refractivity contribution in [3.8, 4) is 67.4 Å². The lowest BCUT2D eigenvalue weighted by atomic mass is 9.96. The predicted octanol–water partition coefficient (Wildman–Crippen LogP) is 12.9. The Balaban J connectivity index is 1.09. The molecule has 0 aliphatic heterocycles. The second-order valence-corrected chi connectivity index (χ2v) is 13.2. The average Bonchev–Trinajstić information content (AvgIpc) is 3.64. The molecule has 4 nitrogen and oxygen atoms in total. The molecule has 0 fully saturated rings. The molecule has 248 valence electrons. The van der Waals surface area contributed by atoms with Crippen molar-refractivity contribution < 1.29 is 4.42 Å². The molecule has 3 aromatic heterocycles. The van der Waals surface area contributed by atoms with Gasteiger partial charge in [-0.25, -0.2) is 15.0 Å². The molecule has 0 spiro atoms. The van der Waals surface area contributed by atoms with Gasteiger partial charge in [0.1, 0.15) is 11.2 Å². The predicted molar refractivity (Wildman–Crippen MR) is 217 cm³/mol. The maximum atomic E-state index is 6.67. The van der Waals surface area contributed by atoms with Gasteiger partial charge in [-0.1, -0.05) is 170 Å². The van der Waals surface area contributed by atoms with E-state index in [0.717, 1.165) is 83.3 Å². The second-order valence-electron chi connectivity index (χ2n) is 13.2. The van der Waals surface area contributed by atoms with Crippen molar-refractivity contribution in [1.82, 2.24) is 15.0 Å². The van der Waals surface area contributed by atoms with E-state index in [4.69, 9.17) is 19.4 Å². The summed E-state index contributed by atoms with van der Waals surface area (Å²) < 4.78 is 6.67. The first-order valence-corrected chi connectivity index (χ1v) is 17.8. The van der Waals surface area contributed by atoms with Crippen LogP contribution in [-0.2, 0) is 0 Å². The third kappa shape index (κ3) is 5.54. The summed E-state index contributed by atoms with van der Waals surface area (Å²) in [6.07, 6.45) is 0. The number of nitrogens with zero attached hydrogens (tertiary/aromatic N) is 3. The third-order valence-electron chi connectivity index (χ3n) is 9.92. The molecule has 0 aliphatic rings. The van der Waals surface area contributed by atoms with Crippen LogP contribution in [0.4, 0.5) is 0 Å². The van der Waals surface area contributed by atoms with Crippen molar-refractivity contribution in [3.05, 3.63) is 188 Å². The normalized spacial score (nSPS) is 11.4. The van der Waals surface area contributed by atoms with Gasteiger partial charge in [-0.15, -0.1) is 0 Å². The van der Waals surface area contributed by atoms with Gasteiger partial charge in [-0.05, 0) is 40.5 Å². The molecule has 0 N–H and O–H groups in total. The van der Waals surface area contributed by atoms with Crippen molar-refractivity contribution in [2.24, 2.45) is 0 Å². The number of pyridine rings is 1. The Labute approximate surface area is 306 Å². The number of furan rings is 1. The van der Waals surface area contributed by atoms with Gasteiger partial charge in [-0.2, -0.15) is 0 Å². The van der Waals surface area contributed by atoms with Crippen LogP contribution in [0.1, 0.15) is 0 Å². The van der Waals surface area contributed by atoms with E-state index in [2.05, 4.69) is 146 Å². The number of aromatic nitrogens is 3. The summed E-state index contributed by atoms with van der Waals surface area (Å²) in [5, 5.41) is 3.08. The zero-order valence-corrected chi connectivity index (χ0v) is 28.6. The molecule has 0 radical (unpaired) electrons. The molecule has 4 heteroatoms. The van der Waals surface area contributed by atoms with Crippen molar-refractivity contribution in [2.75, 3.05) is 0 Å². The van der Waals surface area contributed by atoms with E-state index >= 15 is 0 Å². The summed E-state index contributed by atoms with van der Waals surface area (Å²) in [7, 11) is 0. The maximum absolute atomic E-state index is 6.67. The quantitative estimate of drug-likeness (QED) is 0.176. The first-order chi connectivity index (χ1) is 26.3. The van der Waals surface area contributed by atoms with Crippen molar-refractivity contribution >= 4 is 32.8 Å². The standard InChI is InChI=1S/C49H31N3O/c1-4-13-32(14-5-1)33-23-27-36(28-24-33)43-31-42(35-15-6-2-7-16-35)51-49(52-43)38-29-25-34(26-30-38)39-20-12-21-41-45(39)48-46(40-19-10-11-22-44(40)53-48)47(50-41)37-17-8-3-9-18-37/h1-31H. The van der Waals surface area contributed by atoms with Gasteiger partial charge in [0.05, 0.1) is 33.4 Å². The molecule has 0 saturated heterocycles. The highest BCUT2D eigenvalue weighted by molar-refractivity contribution is 6.22. The highest BCUT2D eigenvalue weighted by atomic mass is 16.3. The van der Waals surface area contributed by atoms with Crippen LogP contribution in [-0.4, -0.2) is 15.0 Å². The molecular formula is C49H31N3O. The van der Waals surface area contributed by atoms with E-state index in [1.165, 1.54) is 11.1 Å². The van der Waals surface area contributed by atoms with Crippen LogP contribution in [0.3, 0.4) is 0 Å². The van der Waals surface area contributed by atoms with Crippen LogP contribution < -0.4 is 0 Å². The first-order valence-electron chi connectivity index (χ1n) is 17.8. The van der Waals surface area contributed by atoms with Gasteiger partial charge in [-0.3, -0.25) is 0 Å². The highest BCUT2D eigenvalue weighted by Crippen LogP contribution is 2.42. The maximum Gasteiger partial charge on any atom is 0.160 e. The van der Waals surface area contributed by atoms with Crippen LogP contribution in [0.2, 0.25) is 0 Å². The lowest BCUT2D eigenvalue weighted by Crippen LogP contribution is -1.96. The summed E-state index contributed by atoms with van der Waals surface area (Å²) in [6.45, 7) is 0. The average molecular weight is 678 g/mol. The Bertz CT molecular complexity index is 2900. The fourth-order valence-electron chi connectivity index (χ4n) is 7.29. The summed E-state index contributed by atoms with van der Waals surface area (Å²) >= 11 is 0. The number of hydrogen-bond donors (Lipinski definition) is 0. The topological polar surface area (TPSA) is 51.8 Å². The smallest absolute Gasteiger partial charge is 0.160 e. The van der Waals surface area contributed by atoms with Crippen LogP contribution in [0.25, 0.3) is 100 Å². The molecule has 0 amide bonds. The Morgan fingerprint density at radius 1 is 0.358 bits per heavy atom. The Morgan fingerprint density at radius 2 is 0.887 bits per heavy atom. The van der Waals surface area contributed by atoms with E-state index in [-0.39, 0.29) is 0 Å². The Kier molecular flexibility index (Phi) is 7.43. The number of fused-ring (bicyclic) bond motifs is 5. The van der Waals surface area contributed by atoms with Crippen molar-refractivity contribution in [1.29, 1.82) is 0 Å². The number of rotatable bonds is 6. The number of benzene rings is 7. The van der Waals surface area contributed by atoms with Gasteiger partial charge in [0.15, 0.2) is 5.82 Å². The SMILES string of the molecule is c1ccc(-c2ccc(-c3cc(-c4ccccc4)nc(-c4ccc(-c5cccc6nc(-c7ccccc7)c7c8ccccc8oc7c56)cc4)n3)cc2)cc1. The minimum atomic E-state index is 0.673. The fourth-order valence-corrected chi connectivity index (χ4v) is 7.29. The van der Waals surface area contributed by atoms with E-state index < -0.39 is 0 Å². The minimum Gasteiger partial charge on any atom is -0.455 e. The lowest BCUT2D eigenvalue weighted by Gasteiger charge is -2.12. The van der Waals surface area contributed by atoms with Crippen LogP contribution in [0.15, 0.2) is 192 Å². The van der Waals surface area contributed by atoms with E-state index in [0.29, 0.717) is 5.82 Å². The molecule has 0 saturated carbocycles. The molecule has 10 rings (SSSR count). The summed E-state index contributed by atoms with van der Waals surface area (Å²) in [5.41, 5.74) is 13.8. The Hall–Kier alpha value is -7.17. The van der Waals surface area contributed by atoms with Crippen molar-refractivity contribution in [3.63, 3.8) is 0 Å². The van der Waals surface area contributed by atoms with Gasteiger partial charge in [0.2, 0.25) is 0 Å². The van der Waals surface area contributed by atoms with E-state index in [9.17, 15) is 0 Å². The molecule has 53 heavy (non-hydrogen) atoms. The molecule has 10 aromatic rings. The largest absolute Gasteiger partial charge is 0.455 e. The van der Waals surface area contributed by atoms with Gasteiger partial charge >= 0.3 is 0 Å². The van der Waals surface area contributed by atoms with Crippen LogP contribution in [0, 0.1) is 0 Å². The third-order valence-corrected chi connectivity index (χ3v) is 9.92. The molecule has 0 aliphatic carbocycles. The fraction of sp³-hybridized carbons (Fsp3) is 0. The lowest BCUT2D eigenvalue weighted by molar-refractivity contribution is 0.672. The molecule has 0 unspecified atom stereocenters. The summed E-state index contributed by atoms with van der Waals surface area (Å²) in [6, 6.07) is 64.8. The minimum absolute atomic E-state index is 0.673. The van der Waals surface area contributed by atoms with Crippen LogP contribution in [0.5, 0.6) is 0 Å². The van der Waals surface area contributed by atoms with Crippen molar-refractivity contribution in [2.45, 2.75) is 0 Å². The number of para-hydroxylation sites is 1. The number of hydrogen-bond acceptors (Lipinski definition) is 4. The van der Waals surface area contributed by atoms with Crippen LogP contribution >= 0.6 is 0 Å². The zero-order chi connectivity index (χ0) is 35.1. The van der Waals surface area contributed by atoms with Gasteiger partial charge in [0, 0.05) is 27.6 Å². The molecule has 0 bridgehead atoms. The monoisotopic (exact) mass is 677 g/mol. The van der Waals surface area contributed by atoms with Gasteiger partial charge < -0.3 is 4.42 Å². The summed E-state index contributed by atoms with van der Waals surface area (Å²) in [5.74, 6) is 0.673. The first kappa shape index (κ1) is 30.6. The summed E-state index contributed by atoms with van der Waals surface area (Å²) in [4.78, 5) is 15.5. The van der Waals surface area contributed by atoms with E-state index in [1.807, 2.05) is 42.5 Å². The molecule has 7 aromatic carbocycles. The Morgan fingerprint density at radius 3 is 1.58 bits per heavy atom. The molecule has 3 heterocycles. The molecular weight excluding hydrogens is 647 g/mol. The van der Waals surface area contributed by atoms with E-state index in [1.54, 1.807) is 0 Å². The van der Waals surface area contributed by atoms with Gasteiger partial charge in [0.25, 0.3) is 0 Å². The highest BCUT2D eigenvalue weighted by Gasteiger charge is 2.20. The zero-order valence-electron chi connectivity index (χ0n) is 28.6. The molecule has 0 atom stereocenters. The second kappa shape index (κ2) is 12.9.